The molecule has 0 amide bonds. The van der Waals surface area contributed by atoms with Crippen molar-refractivity contribution in [3.63, 3.8) is 0 Å². The van der Waals surface area contributed by atoms with E-state index in [0.717, 1.165) is 36.6 Å². The Labute approximate surface area is 125 Å². The summed E-state index contributed by atoms with van der Waals surface area (Å²) in [4.78, 5) is 0. The standard InChI is InChI=1S/C15H23N5O/c1-12(2)10-16-11-15-17-18-19-20(15)9-8-13-6-4-5-7-14(13)21-3/h4-7,12,16H,8-11H2,1-3H3. The van der Waals surface area contributed by atoms with E-state index in [1.807, 2.05) is 22.9 Å². The topological polar surface area (TPSA) is 64.9 Å². The number of rotatable bonds is 8. The van der Waals surface area contributed by atoms with Crippen LogP contribution < -0.4 is 10.1 Å². The third-order valence-electron chi connectivity index (χ3n) is 3.23. The molecular weight excluding hydrogens is 266 g/mol. The number of benzene rings is 1. The molecule has 0 saturated heterocycles. The number of aryl methyl sites for hydroxylation is 2. The number of nitrogens with zero attached hydrogens (tertiary/aromatic N) is 4. The second-order valence-electron chi connectivity index (χ2n) is 5.40. The van der Waals surface area contributed by atoms with Crippen LogP contribution in [-0.4, -0.2) is 33.9 Å². The van der Waals surface area contributed by atoms with E-state index in [-0.39, 0.29) is 0 Å². The molecule has 0 bridgehead atoms. The lowest BCUT2D eigenvalue weighted by Crippen LogP contribution is -2.22. The van der Waals surface area contributed by atoms with Gasteiger partial charge in [0.25, 0.3) is 0 Å². The third-order valence-corrected chi connectivity index (χ3v) is 3.23. The highest BCUT2D eigenvalue weighted by Crippen LogP contribution is 2.18. The monoisotopic (exact) mass is 289 g/mol. The van der Waals surface area contributed by atoms with E-state index < -0.39 is 0 Å². The highest BCUT2D eigenvalue weighted by molar-refractivity contribution is 5.33. The smallest absolute Gasteiger partial charge is 0.165 e. The van der Waals surface area contributed by atoms with Crippen molar-refractivity contribution in [3.05, 3.63) is 35.7 Å². The third kappa shape index (κ3) is 4.53. The van der Waals surface area contributed by atoms with Crippen LogP contribution in [-0.2, 0) is 19.5 Å². The molecule has 0 aliphatic rings. The second kappa shape index (κ2) is 7.73. The number of methoxy groups -OCH3 is 1. The molecule has 2 aromatic rings. The largest absolute Gasteiger partial charge is 0.496 e. The van der Waals surface area contributed by atoms with E-state index in [1.54, 1.807) is 7.11 Å². The van der Waals surface area contributed by atoms with Gasteiger partial charge in [-0.25, -0.2) is 4.68 Å². The number of aromatic nitrogens is 4. The molecule has 1 aromatic heterocycles. The van der Waals surface area contributed by atoms with Gasteiger partial charge in [0.2, 0.25) is 0 Å². The Morgan fingerprint density at radius 1 is 1.29 bits per heavy atom. The van der Waals surface area contributed by atoms with Crippen molar-refractivity contribution in [3.8, 4) is 5.75 Å². The fourth-order valence-electron chi connectivity index (χ4n) is 2.13. The van der Waals surface area contributed by atoms with Gasteiger partial charge in [0, 0.05) is 6.54 Å². The van der Waals surface area contributed by atoms with Crippen LogP contribution in [0.4, 0.5) is 0 Å². The number of hydrogen-bond donors (Lipinski definition) is 1. The maximum absolute atomic E-state index is 5.36. The van der Waals surface area contributed by atoms with Gasteiger partial charge in [0.05, 0.1) is 13.7 Å². The molecule has 0 aliphatic heterocycles. The van der Waals surface area contributed by atoms with Crippen molar-refractivity contribution in [2.45, 2.75) is 33.4 Å². The summed E-state index contributed by atoms with van der Waals surface area (Å²) < 4.78 is 7.21. The molecule has 6 nitrogen and oxygen atoms in total. The van der Waals surface area contributed by atoms with E-state index in [2.05, 4.69) is 40.8 Å². The summed E-state index contributed by atoms with van der Waals surface area (Å²) in [5.41, 5.74) is 1.16. The molecule has 0 spiro atoms. The lowest BCUT2D eigenvalue weighted by atomic mass is 10.1. The van der Waals surface area contributed by atoms with Gasteiger partial charge in [0.1, 0.15) is 5.75 Å². The predicted molar refractivity (Wildman–Crippen MR) is 81.1 cm³/mol. The van der Waals surface area contributed by atoms with Gasteiger partial charge in [-0.1, -0.05) is 32.0 Å². The molecule has 21 heavy (non-hydrogen) atoms. The molecule has 0 atom stereocenters. The predicted octanol–water partition coefficient (Wildman–Crippen LogP) is 1.67. The van der Waals surface area contributed by atoms with Crippen LogP contribution in [0.1, 0.15) is 25.2 Å². The molecule has 0 radical (unpaired) electrons. The van der Waals surface area contributed by atoms with Crippen LogP contribution in [0, 0.1) is 5.92 Å². The van der Waals surface area contributed by atoms with Crippen LogP contribution in [0.15, 0.2) is 24.3 Å². The quantitative estimate of drug-likeness (QED) is 0.801. The van der Waals surface area contributed by atoms with Gasteiger partial charge < -0.3 is 10.1 Å². The van der Waals surface area contributed by atoms with Crippen LogP contribution >= 0.6 is 0 Å². The minimum atomic E-state index is 0.614. The highest BCUT2D eigenvalue weighted by Gasteiger charge is 2.08. The number of hydrogen-bond acceptors (Lipinski definition) is 5. The Morgan fingerprint density at radius 2 is 2.10 bits per heavy atom. The summed E-state index contributed by atoms with van der Waals surface area (Å²) in [6.07, 6.45) is 0.840. The second-order valence-corrected chi connectivity index (χ2v) is 5.40. The van der Waals surface area contributed by atoms with E-state index in [4.69, 9.17) is 4.74 Å². The summed E-state index contributed by atoms with van der Waals surface area (Å²) in [5, 5.41) is 15.3. The average Bonchev–Trinajstić information content (AvgIpc) is 2.92. The van der Waals surface area contributed by atoms with Crippen molar-refractivity contribution >= 4 is 0 Å². The number of ether oxygens (including phenoxy) is 1. The first-order chi connectivity index (χ1) is 10.2. The molecule has 0 unspecified atom stereocenters. The number of tetrazole rings is 1. The summed E-state index contributed by atoms with van der Waals surface area (Å²) in [7, 11) is 1.69. The van der Waals surface area contributed by atoms with Gasteiger partial charge in [-0.2, -0.15) is 0 Å². The zero-order valence-corrected chi connectivity index (χ0v) is 12.9. The van der Waals surface area contributed by atoms with Crippen molar-refractivity contribution in [1.29, 1.82) is 0 Å². The van der Waals surface area contributed by atoms with Crippen LogP contribution in [0.5, 0.6) is 5.75 Å². The van der Waals surface area contributed by atoms with E-state index in [1.165, 1.54) is 0 Å². The van der Waals surface area contributed by atoms with E-state index in [0.29, 0.717) is 12.5 Å². The number of nitrogens with one attached hydrogen (secondary N) is 1. The van der Waals surface area contributed by atoms with Crippen LogP contribution in [0.3, 0.4) is 0 Å². The fraction of sp³-hybridized carbons (Fsp3) is 0.533. The Morgan fingerprint density at radius 3 is 2.86 bits per heavy atom. The fourth-order valence-corrected chi connectivity index (χ4v) is 2.13. The number of para-hydroxylation sites is 1. The Bertz CT molecular complexity index is 553. The molecule has 0 aliphatic carbocycles. The van der Waals surface area contributed by atoms with Crippen molar-refractivity contribution in [2.24, 2.45) is 5.92 Å². The van der Waals surface area contributed by atoms with Gasteiger partial charge in [-0.3, -0.25) is 0 Å². The van der Waals surface area contributed by atoms with Gasteiger partial charge in [-0.05, 0) is 40.9 Å². The Hall–Kier alpha value is -1.95. The molecule has 0 saturated carbocycles. The zero-order chi connectivity index (χ0) is 15.1. The summed E-state index contributed by atoms with van der Waals surface area (Å²) in [5.74, 6) is 2.39. The summed E-state index contributed by atoms with van der Waals surface area (Å²) >= 11 is 0. The lowest BCUT2D eigenvalue weighted by Gasteiger charge is -2.10. The molecule has 1 heterocycles. The van der Waals surface area contributed by atoms with Crippen molar-refractivity contribution in [2.75, 3.05) is 13.7 Å². The molecule has 6 heteroatoms. The average molecular weight is 289 g/mol. The van der Waals surface area contributed by atoms with E-state index in [9.17, 15) is 0 Å². The molecule has 1 aromatic carbocycles. The first-order valence-electron chi connectivity index (χ1n) is 7.28. The lowest BCUT2D eigenvalue weighted by molar-refractivity contribution is 0.407. The molecule has 114 valence electrons. The van der Waals surface area contributed by atoms with Crippen LogP contribution in [0.25, 0.3) is 0 Å². The summed E-state index contributed by atoms with van der Waals surface area (Å²) in [6, 6.07) is 8.03. The highest BCUT2D eigenvalue weighted by atomic mass is 16.5. The minimum absolute atomic E-state index is 0.614. The van der Waals surface area contributed by atoms with Gasteiger partial charge in [-0.15, -0.1) is 5.10 Å². The molecule has 1 N–H and O–H groups in total. The SMILES string of the molecule is COc1ccccc1CCn1nnnc1CNCC(C)C. The van der Waals surface area contributed by atoms with Crippen molar-refractivity contribution < 1.29 is 4.74 Å². The maximum Gasteiger partial charge on any atom is 0.165 e. The maximum atomic E-state index is 5.36. The molecular formula is C15H23N5O. The molecule has 2 rings (SSSR count). The summed E-state index contributed by atoms with van der Waals surface area (Å²) in [6.45, 7) is 6.75. The first-order valence-corrected chi connectivity index (χ1v) is 7.28. The van der Waals surface area contributed by atoms with Gasteiger partial charge >= 0.3 is 0 Å². The van der Waals surface area contributed by atoms with Gasteiger partial charge in [0.15, 0.2) is 5.82 Å². The molecule has 0 fully saturated rings. The Balaban J connectivity index is 1.93. The minimum Gasteiger partial charge on any atom is -0.496 e. The Kier molecular flexibility index (Phi) is 5.68. The zero-order valence-electron chi connectivity index (χ0n) is 12.9. The van der Waals surface area contributed by atoms with Crippen LogP contribution in [0.2, 0.25) is 0 Å². The van der Waals surface area contributed by atoms with Crippen molar-refractivity contribution in [1.82, 2.24) is 25.5 Å². The van der Waals surface area contributed by atoms with E-state index >= 15 is 0 Å². The normalized spacial score (nSPS) is 11.0. The first kappa shape index (κ1) is 15.4.